The summed E-state index contributed by atoms with van der Waals surface area (Å²) in [6.07, 6.45) is 5.74. The molecule has 0 radical (unpaired) electrons. The molecule has 2 aliphatic heterocycles. The summed E-state index contributed by atoms with van der Waals surface area (Å²) in [5.74, 6) is 2.88. The van der Waals surface area contributed by atoms with Gasteiger partial charge >= 0.3 is 0 Å². The van der Waals surface area contributed by atoms with Crippen molar-refractivity contribution in [2.24, 2.45) is 0 Å². The van der Waals surface area contributed by atoms with E-state index < -0.39 is 0 Å². The number of piperidine rings is 1. The molecule has 0 bridgehead atoms. The smallest absolute Gasteiger partial charge is 0.231 e. The van der Waals surface area contributed by atoms with Crippen molar-refractivity contribution >= 4 is 22.1 Å². The van der Waals surface area contributed by atoms with E-state index in [4.69, 9.17) is 24.2 Å². The molecule has 8 rings (SSSR count). The van der Waals surface area contributed by atoms with E-state index in [1.807, 2.05) is 54.7 Å². The molecule has 40 heavy (non-hydrogen) atoms. The third-order valence-electron chi connectivity index (χ3n) is 7.43. The molecule has 1 saturated heterocycles. The number of aromatic amines is 2. The number of H-pyrrole nitrogens is 2. The van der Waals surface area contributed by atoms with E-state index in [0.717, 1.165) is 87.6 Å². The molecular weight excluding hydrogens is 506 g/mol. The minimum Gasteiger partial charge on any atom is -0.489 e. The Balaban J connectivity index is 1.16. The zero-order chi connectivity index (χ0) is 26.5. The molecule has 0 amide bonds. The van der Waals surface area contributed by atoms with Crippen LogP contribution in [0.2, 0.25) is 0 Å². The Kier molecular flexibility index (Phi) is 5.37. The highest BCUT2D eigenvalue weighted by Crippen LogP contribution is 2.38. The predicted molar refractivity (Wildman–Crippen MR) is 150 cm³/mol. The lowest BCUT2D eigenvalue weighted by molar-refractivity contribution is 0.162. The second kappa shape index (κ2) is 9.35. The molecule has 0 atom stereocenters. The zero-order valence-corrected chi connectivity index (χ0v) is 21.5. The number of fused-ring (bicyclic) bond motifs is 3. The van der Waals surface area contributed by atoms with Crippen molar-refractivity contribution in [1.29, 1.82) is 0 Å². The van der Waals surface area contributed by atoms with Gasteiger partial charge < -0.3 is 24.5 Å². The van der Waals surface area contributed by atoms with Crippen molar-refractivity contribution in [3.63, 3.8) is 0 Å². The molecule has 6 heterocycles. The van der Waals surface area contributed by atoms with Gasteiger partial charge in [-0.3, -0.25) is 10.1 Å². The van der Waals surface area contributed by atoms with Gasteiger partial charge in [-0.25, -0.2) is 9.97 Å². The maximum Gasteiger partial charge on any atom is 0.231 e. The van der Waals surface area contributed by atoms with Crippen LogP contribution in [0.3, 0.4) is 0 Å². The lowest BCUT2D eigenvalue weighted by Gasteiger charge is -2.23. The number of hydrogen-bond acceptors (Lipinski definition) is 8. The van der Waals surface area contributed by atoms with Gasteiger partial charge in [-0.1, -0.05) is 18.2 Å². The van der Waals surface area contributed by atoms with Gasteiger partial charge in [-0.15, -0.1) is 0 Å². The summed E-state index contributed by atoms with van der Waals surface area (Å²) in [4.78, 5) is 17.8. The number of para-hydroxylation sites is 1. The van der Waals surface area contributed by atoms with Crippen molar-refractivity contribution < 1.29 is 14.2 Å². The molecule has 0 spiro atoms. The lowest BCUT2D eigenvalue weighted by Crippen LogP contribution is -2.34. The highest BCUT2D eigenvalue weighted by Gasteiger charge is 2.20. The number of imidazole rings is 1. The fourth-order valence-corrected chi connectivity index (χ4v) is 5.40. The molecule has 3 N–H and O–H groups in total. The van der Waals surface area contributed by atoms with Crippen LogP contribution in [0, 0.1) is 0 Å². The minimum absolute atomic E-state index is 0.199. The fourth-order valence-electron chi connectivity index (χ4n) is 5.40. The van der Waals surface area contributed by atoms with Gasteiger partial charge in [-0.05, 0) is 67.9 Å². The average Bonchev–Trinajstić information content (AvgIpc) is 3.75. The third-order valence-corrected chi connectivity index (χ3v) is 7.43. The predicted octanol–water partition coefficient (Wildman–Crippen LogP) is 5.09. The van der Waals surface area contributed by atoms with Crippen molar-refractivity contribution in [3.05, 3.63) is 67.0 Å². The highest BCUT2D eigenvalue weighted by atomic mass is 16.7. The van der Waals surface area contributed by atoms with Crippen molar-refractivity contribution in [1.82, 2.24) is 35.5 Å². The normalized spacial score (nSPS) is 15.2. The number of nitrogens with one attached hydrogen (secondary N) is 3. The first-order valence-electron chi connectivity index (χ1n) is 13.4. The first-order chi connectivity index (χ1) is 19.8. The van der Waals surface area contributed by atoms with Gasteiger partial charge in [0.25, 0.3) is 0 Å². The Morgan fingerprint density at radius 2 is 1.75 bits per heavy atom. The van der Waals surface area contributed by atoms with Gasteiger partial charge in [0.1, 0.15) is 17.4 Å². The van der Waals surface area contributed by atoms with Gasteiger partial charge in [0.2, 0.25) is 6.79 Å². The second-order valence-electron chi connectivity index (χ2n) is 10.00. The number of ether oxygens (including phenoxy) is 3. The van der Waals surface area contributed by atoms with Crippen LogP contribution in [0.15, 0.2) is 67.0 Å². The van der Waals surface area contributed by atoms with Crippen molar-refractivity contribution in [2.45, 2.75) is 18.9 Å². The summed E-state index contributed by atoms with van der Waals surface area (Å²) in [7, 11) is 0. The molecular formula is C30H25N7O3. The number of benzene rings is 2. The summed E-state index contributed by atoms with van der Waals surface area (Å²) in [6.45, 7) is 2.18. The zero-order valence-electron chi connectivity index (χ0n) is 21.5. The summed E-state index contributed by atoms with van der Waals surface area (Å²) < 4.78 is 17.3. The van der Waals surface area contributed by atoms with Crippen LogP contribution in [0.25, 0.3) is 56.0 Å². The average molecular weight is 532 g/mol. The molecule has 0 saturated carbocycles. The van der Waals surface area contributed by atoms with E-state index in [1.54, 1.807) is 6.20 Å². The van der Waals surface area contributed by atoms with Gasteiger partial charge in [0.15, 0.2) is 23.0 Å². The Morgan fingerprint density at radius 1 is 0.825 bits per heavy atom. The van der Waals surface area contributed by atoms with E-state index in [-0.39, 0.29) is 12.9 Å². The number of hydrogen-bond donors (Lipinski definition) is 3. The summed E-state index contributed by atoms with van der Waals surface area (Å²) >= 11 is 0. The van der Waals surface area contributed by atoms with Gasteiger partial charge in [0, 0.05) is 17.3 Å². The van der Waals surface area contributed by atoms with Crippen molar-refractivity contribution in [2.75, 3.05) is 19.9 Å². The Hall–Kier alpha value is -4.96. The van der Waals surface area contributed by atoms with E-state index >= 15 is 0 Å². The number of pyridine rings is 2. The Morgan fingerprint density at radius 3 is 2.70 bits per heavy atom. The van der Waals surface area contributed by atoms with Crippen LogP contribution in [-0.4, -0.2) is 56.1 Å². The maximum absolute atomic E-state index is 6.21. The second-order valence-corrected chi connectivity index (χ2v) is 10.00. The number of aromatic nitrogens is 6. The van der Waals surface area contributed by atoms with Crippen LogP contribution in [0.5, 0.6) is 17.2 Å². The van der Waals surface area contributed by atoms with Crippen LogP contribution < -0.4 is 19.5 Å². The van der Waals surface area contributed by atoms with E-state index in [2.05, 4.69) is 31.5 Å². The quantitative estimate of drug-likeness (QED) is 0.281. The van der Waals surface area contributed by atoms with E-state index in [0.29, 0.717) is 11.5 Å². The van der Waals surface area contributed by atoms with Crippen LogP contribution >= 0.6 is 0 Å². The minimum atomic E-state index is 0.199. The number of rotatable bonds is 5. The summed E-state index contributed by atoms with van der Waals surface area (Å²) in [5, 5.41) is 11.0. The molecule has 10 nitrogen and oxygen atoms in total. The van der Waals surface area contributed by atoms with E-state index in [1.165, 1.54) is 0 Å². The standard InChI is InChI=1S/C30H25N7O3/c1-2-21(17-4-7-25-26(13-17)39-16-38-25)27-23(3-1)34-30(35-27)29-28-24(36-37-29)6-5-22(33-28)18-12-20(15-32-14-18)40-19-8-10-31-11-9-19/h1-7,12-15,19,31H,8-11,16H2,(H,34,35)(H,36,37). The first kappa shape index (κ1) is 23.0. The SMILES string of the molecule is c1cc(-c2ccc3c(c2)OCO3)c2nc(-c3n[nH]c4ccc(-c5cncc(OC6CCNCC6)c5)nc34)[nH]c2c1. The Bertz CT molecular complexity index is 1870. The topological polar surface area (TPSA) is 123 Å². The van der Waals surface area contributed by atoms with Gasteiger partial charge in [0.05, 0.1) is 28.4 Å². The molecule has 4 aromatic heterocycles. The lowest BCUT2D eigenvalue weighted by atomic mass is 10.0. The van der Waals surface area contributed by atoms with Crippen LogP contribution in [0.1, 0.15) is 12.8 Å². The third kappa shape index (κ3) is 4.00. The largest absolute Gasteiger partial charge is 0.489 e. The molecule has 198 valence electrons. The summed E-state index contributed by atoms with van der Waals surface area (Å²) in [5.41, 5.74) is 7.62. The molecule has 2 aromatic carbocycles. The van der Waals surface area contributed by atoms with Crippen molar-refractivity contribution in [3.8, 4) is 51.2 Å². The maximum atomic E-state index is 6.21. The molecule has 1 fully saturated rings. The molecule has 10 heteroatoms. The number of nitrogens with zero attached hydrogens (tertiary/aromatic N) is 4. The molecule has 6 aromatic rings. The highest BCUT2D eigenvalue weighted by molar-refractivity contribution is 5.96. The first-order valence-corrected chi connectivity index (χ1v) is 13.4. The molecule has 0 aliphatic carbocycles. The molecule has 0 unspecified atom stereocenters. The fraction of sp³-hybridized carbons (Fsp3) is 0.200. The molecule has 2 aliphatic rings. The van der Waals surface area contributed by atoms with Crippen LogP contribution in [-0.2, 0) is 0 Å². The Labute approximate surface area is 228 Å². The van der Waals surface area contributed by atoms with E-state index in [9.17, 15) is 0 Å². The summed E-state index contributed by atoms with van der Waals surface area (Å²) in [6, 6.07) is 18.0. The van der Waals surface area contributed by atoms with Crippen LogP contribution in [0.4, 0.5) is 0 Å². The monoisotopic (exact) mass is 531 g/mol. The van der Waals surface area contributed by atoms with Gasteiger partial charge in [-0.2, -0.15) is 5.10 Å².